The Hall–Kier alpha value is -0.120. The van der Waals surface area contributed by atoms with Crippen LogP contribution in [-0.2, 0) is 4.74 Å². The first kappa shape index (κ1) is 13.8. The van der Waals surface area contributed by atoms with E-state index in [0.29, 0.717) is 0 Å². The highest BCUT2D eigenvalue weighted by atomic mass is 16.5. The van der Waals surface area contributed by atoms with Crippen LogP contribution in [0, 0.1) is 11.8 Å². The van der Waals surface area contributed by atoms with Crippen LogP contribution < -0.4 is 0 Å². The average Bonchev–Trinajstić information content (AvgIpc) is 2.70. The normalized spacial score (nSPS) is 41.4. The Morgan fingerprint density at radius 1 is 0.895 bits per heavy atom. The van der Waals surface area contributed by atoms with Gasteiger partial charge in [-0.1, -0.05) is 0 Å². The summed E-state index contributed by atoms with van der Waals surface area (Å²) >= 11 is 0. The number of nitrogens with zero attached hydrogens (tertiary/aromatic N) is 2. The van der Waals surface area contributed by atoms with E-state index in [-0.39, 0.29) is 0 Å². The Kier molecular flexibility index (Phi) is 3.89. The van der Waals surface area contributed by atoms with E-state index in [4.69, 9.17) is 4.74 Å². The van der Waals surface area contributed by atoms with Crippen LogP contribution in [0.4, 0.5) is 0 Å². The molecule has 2 saturated heterocycles. The topological polar surface area (TPSA) is 9.23 Å². The first-order chi connectivity index (χ1) is 9.07. The zero-order valence-electron chi connectivity index (χ0n) is 12.9. The summed E-state index contributed by atoms with van der Waals surface area (Å²) in [7, 11) is 4.94. The first-order valence-corrected chi connectivity index (χ1v) is 8.32. The van der Waals surface area contributed by atoms with Crippen molar-refractivity contribution >= 4 is 0 Å². The molecule has 2 heterocycles. The molecule has 0 radical (unpaired) electrons. The maximum absolute atomic E-state index is 5.50. The average molecular weight is 268 g/mol. The SMILES string of the molecule is C[N+]1(CCC[N+]2(C)C[C@@H]3CC[C@H](C3)C2)CCOCC1. The van der Waals surface area contributed by atoms with E-state index in [1.807, 2.05) is 0 Å². The van der Waals surface area contributed by atoms with Gasteiger partial charge in [-0.05, 0) is 19.3 Å². The quantitative estimate of drug-likeness (QED) is 0.706. The molecule has 0 aromatic carbocycles. The van der Waals surface area contributed by atoms with E-state index in [1.165, 1.54) is 67.5 Å². The summed E-state index contributed by atoms with van der Waals surface area (Å²) in [5.74, 6) is 2.11. The van der Waals surface area contributed by atoms with Crippen LogP contribution in [0.5, 0.6) is 0 Å². The van der Waals surface area contributed by atoms with Gasteiger partial charge in [-0.3, -0.25) is 0 Å². The van der Waals surface area contributed by atoms with Crippen LogP contribution in [0.15, 0.2) is 0 Å². The van der Waals surface area contributed by atoms with E-state index >= 15 is 0 Å². The third-order valence-electron chi connectivity index (χ3n) is 5.99. The fourth-order valence-corrected chi connectivity index (χ4v) is 4.86. The number of ether oxygens (including phenoxy) is 1. The number of likely N-dealkylation sites (tertiary alicyclic amines) is 1. The number of piperidine rings is 1. The summed E-state index contributed by atoms with van der Waals surface area (Å²) in [5, 5.41) is 0. The van der Waals surface area contributed by atoms with E-state index in [2.05, 4.69) is 14.1 Å². The predicted octanol–water partition coefficient (Wildman–Crippen LogP) is 1.73. The van der Waals surface area contributed by atoms with Gasteiger partial charge in [0.15, 0.2) is 0 Å². The number of quaternary nitrogens is 2. The second-order valence-corrected chi connectivity index (χ2v) is 8.01. The van der Waals surface area contributed by atoms with Gasteiger partial charge in [-0.2, -0.15) is 0 Å². The Morgan fingerprint density at radius 3 is 2.11 bits per heavy atom. The Morgan fingerprint density at radius 2 is 1.47 bits per heavy atom. The number of fused-ring (bicyclic) bond motifs is 2. The molecule has 0 N–H and O–H groups in total. The summed E-state index contributed by atoms with van der Waals surface area (Å²) in [4.78, 5) is 0. The minimum absolute atomic E-state index is 0.965. The van der Waals surface area contributed by atoms with E-state index in [9.17, 15) is 0 Å². The molecule has 0 aromatic heterocycles. The lowest BCUT2D eigenvalue weighted by molar-refractivity contribution is -0.936. The van der Waals surface area contributed by atoms with Crippen molar-refractivity contribution in [2.45, 2.75) is 25.7 Å². The summed E-state index contributed by atoms with van der Waals surface area (Å²) in [6.07, 6.45) is 5.97. The van der Waals surface area contributed by atoms with Crippen LogP contribution in [0.25, 0.3) is 0 Å². The zero-order valence-corrected chi connectivity index (χ0v) is 12.9. The molecular weight excluding hydrogens is 236 g/mol. The predicted molar refractivity (Wildman–Crippen MR) is 77.8 cm³/mol. The van der Waals surface area contributed by atoms with Crippen molar-refractivity contribution in [3.8, 4) is 0 Å². The fourth-order valence-electron chi connectivity index (χ4n) is 4.86. The second-order valence-electron chi connectivity index (χ2n) is 8.01. The van der Waals surface area contributed by atoms with Crippen molar-refractivity contribution in [2.75, 3.05) is 66.6 Å². The largest absolute Gasteiger partial charge is 0.370 e. The molecule has 0 spiro atoms. The summed E-state index contributed by atoms with van der Waals surface area (Å²) in [6.45, 7) is 10.0. The number of morpholine rings is 1. The van der Waals surface area contributed by atoms with Gasteiger partial charge < -0.3 is 13.7 Å². The smallest absolute Gasteiger partial charge is 0.102 e. The fraction of sp³-hybridized carbons (Fsp3) is 1.00. The molecule has 2 bridgehead atoms. The molecule has 3 fully saturated rings. The molecule has 3 heteroatoms. The van der Waals surface area contributed by atoms with Gasteiger partial charge in [0.2, 0.25) is 0 Å². The van der Waals surface area contributed by atoms with Crippen molar-refractivity contribution < 1.29 is 13.7 Å². The first-order valence-electron chi connectivity index (χ1n) is 8.32. The van der Waals surface area contributed by atoms with Gasteiger partial charge in [0.25, 0.3) is 0 Å². The lowest BCUT2D eigenvalue weighted by Gasteiger charge is -2.43. The van der Waals surface area contributed by atoms with Gasteiger partial charge in [0, 0.05) is 18.3 Å². The maximum atomic E-state index is 5.50. The van der Waals surface area contributed by atoms with Crippen LogP contribution in [0.2, 0.25) is 0 Å². The van der Waals surface area contributed by atoms with Crippen LogP contribution in [0.1, 0.15) is 25.7 Å². The number of rotatable bonds is 4. The maximum Gasteiger partial charge on any atom is 0.102 e. The lowest BCUT2D eigenvalue weighted by Crippen LogP contribution is -2.55. The van der Waals surface area contributed by atoms with Crippen molar-refractivity contribution in [2.24, 2.45) is 11.8 Å². The molecule has 0 amide bonds. The molecule has 0 aromatic rings. The van der Waals surface area contributed by atoms with Crippen LogP contribution in [-0.4, -0.2) is 75.5 Å². The standard InChI is InChI=1S/C16H32N2O/c1-17(8-10-19-11-9-17)6-3-7-18(2)13-15-4-5-16(12-15)14-18/h15-16H,3-14H2,1-2H3/q+2/t15-,16-/m1/s1. The lowest BCUT2D eigenvalue weighted by atomic mass is 9.96. The van der Waals surface area contributed by atoms with Crippen LogP contribution in [0.3, 0.4) is 0 Å². The highest BCUT2D eigenvalue weighted by Gasteiger charge is 2.41. The molecule has 1 aliphatic carbocycles. The number of likely N-dealkylation sites (N-methyl/N-ethyl adjacent to an activating group) is 1. The van der Waals surface area contributed by atoms with Gasteiger partial charge >= 0.3 is 0 Å². The molecule has 3 rings (SSSR count). The highest BCUT2D eigenvalue weighted by molar-refractivity contribution is 4.79. The number of hydrogen-bond acceptors (Lipinski definition) is 1. The molecule has 1 saturated carbocycles. The summed E-state index contributed by atoms with van der Waals surface area (Å²) < 4.78 is 8.11. The molecule has 0 unspecified atom stereocenters. The summed E-state index contributed by atoms with van der Waals surface area (Å²) in [5.41, 5.74) is 0. The van der Waals surface area contributed by atoms with Crippen LogP contribution >= 0.6 is 0 Å². The Bertz CT molecular complexity index is 300. The summed E-state index contributed by atoms with van der Waals surface area (Å²) in [6, 6.07) is 0. The van der Waals surface area contributed by atoms with Gasteiger partial charge in [-0.15, -0.1) is 0 Å². The molecule has 110 valence electrons. The van der Waals surface area contributed by atoms with E-state index in [1.54, 1.807) is 6.42 Å². The third kappa shape index (κ3) is 3.32. The molecule has 3 aliphatic rings. The minimum Gasteiger partial charge on any atom is -0.370 e. The van der Waals surface area contributed by atoms with Crippen molar-refractivity contribution in [1.82, 2.24) is 0 Å². The molecule has 2 atom stereocenters. The monoisotopic (exact) mass is 268 g/mol. The number of hydrogen-bond donors (Lipinski definition) is 0. The second kappa shape index (κ2) is 5.34. The molecular formula is C16H32N2O+2. The molecule has 2 aliphatic heterocycles. The van der Waals surface area contributed by atoms with Gasteiger partial charge in [0.1, 0.15) is 13.1 Å². The highest BCUT2D eigenvalue weighted by Crippen LogP contribution is 2.39. The van der Waals surface area contributed by atoms with Crippen molar-refractivity contribution in [3.05, 3.63) is 0 Å². The minimum atomic E-state index is 0.965. The molecule has 3 nitrogen and oxygen atoms in total. The van der Waals surface area contributed by atoms with E-state index in [0.717, 1.165) is 25.0 Å². The Balaban J connectivity index is 1.46. The van der Waals surface area contributed by atoms with Gasteiger partial charge in [-0.25, -0.2) is 0 Å². The molecule has 19 heavy (non-hydrogen) atoms. The van der Waals surface area contributed by atoms with E-state index < -0.39 is 0 Å². The third-order valence-corrected chi connectivity index (χ3v) is 5.99. The Labute approximate surface area is 118 Å². The van der Waals surface area contributed by atoms with Crippen molar-refractivity contribution in [1.29, 1.82) is 0 Å². The zero-order chi connectivity index (χ0) is 13.3. The van der Waals surface area contributed by atoms with Crippen molar-refractivity contribution in [3.63, 3.8) is 0 Å². The van der Waals surface area contributed by atoms with Gasteiger partial charge in [0.05, 0.1) is 53.5 Å².